The van der Waals surface area contributed by atoms with Crippen molar-refractivity contribution in [3.05, 3.63) is 35.9 Å². The summed E-state index contributed by atoms with van der Waals surface area (Å²) in [6, 6.07) is 3.55. The first-order valence-corrected chi connectivity index (χ1v) is 4.32. The number of halogens is 1. The van der Waals surface area contributed by atoms with E-state index in [1.54, 1.807) is 18.3 Å². The summed E-state index contributed by atoms with van der Waals surface area (Å²) < 4.78 is 17.9. The Morgan fingerprint density at radius 3 is 3.00 bits per heavy atom. The van der Waals surface area contributed by atoms with E-state index in [0.717, 1.165) is 5.69 Å². The lowest BCUT2D eigenvalue weighted by atomic mass is 10.4. The molecule has 0 unspecified atom stereocenters. The van der Waals surface area contributed by atoms with Crippen LogP contribution in [0.3, 0.4) is 0 Å². The van der Waals surface area contributed by atoms with Gasteiger partial charge in [0.05, 0.1) is 6.20 Å². The van der Waals surface area contributed by atoms with Crippen molar-refractivity contribution in [2.75, 3.05) is 13.2 Å². The molecule has 2 N–H and O–H groups in total. The fourth-order valence-corrected chi connectivity index (χ4v) is 0.879. The van der Waals surface area contributed by atoms with Crippen molar-refractivity contribution in [3.8, 4) is 5.75 Å². The quantitative estimate of drug-likeness (QED) is 0.795. The van der Waals surface area contributed by atoms with Gasteiger partial charge < -0.3 is 10.5 Å². The van der Waals surface area contributed by atoms with E-state index in [1.807, 2.05) is 6.92 Å². The van der Waals surface area contributed by atoms with Crippen LogP contribution < -0.4 is 10.5 Å². The van der Waals surface area contributed by atoms with E-state index in [1.165, 1.54) is 6.08 Å². The van der Waals surface area contributed by atoms with Gasteiger partial charge in [-0.05, 0) is 25.1 Å². The fraction of sp³-hybridized carbons (Fsp3) is 0.300. The van der Waals surface area contributed by atoms with Gasteiger partial charge in [-0.3, -0.25) is 4.98 Å². The molecule has 0 amide bonds. The molecule has 0 aliphatic carbocycles. The van der Waals surface area contributed by atoms with Crippen molar-refractivity contribution in [2.24, 2.45) is 5.73 Å². The number of hydrogen-bond acceptors (Lipinski definition) is 3. The minimum absolute atomic E-state index is 0.0953. The van der Waals surface area contributed by atoms with Crippen LogP contribution in [0.5, 0.6) is 5.75 Å². The second-order valence-electron chi connectivity index (χ2n) is 2.81. The van der Waals surface area contributed by atoms with Gasteiger partial charge in [0.1, 0.15) is 18.2 Å². The van der Waals surface area contributed by atoms with Gasteiger partial charge in [-0.2, -0.15) is 0 Å². The molecule has 4 heteroatoms. The van der Waals surface area contributed by atoms with E-state index < -0.39 is 0 Å². The van der Waals surface area contributed by atoms with Crippen LogP contribution in [0.15, 0.2) is 30.2 Å². The van der Waals surface area contributed by atoms with Crippen LogP contribution in [0.1, 0.15) is 5.69 Å². The lowest BCUT2D eigenvalue weighted by molar-refractivity contribution is 0.317. The zero-order chi connectivity index (χ0) is 10.4. The maximum absolute atomic E-state index is 12.8. The molecule has 0 aliphatic rings. The van der Waals surface area contributed by atoms with E-state index >= 15 is 0 Å². The second-order valence-corrected chi connectivity index (χ2v) is 2.81. The van der Waals surface area contributed by atoms with Gasteiger partial charge in [0.2, 0.25) is 0 Å². The first-order chi connectivity index (χ1) is 6.72. The molecule has 1 rings (SSSR count). The second kappa shape index (κ2) is 5.34. The van der Waals surface area contributed by atoms with Gasteiger partial charge in [-0.1, -0.05) is 0 Å². The van der Waals surface area contributed by atoms with Crippen molar-refractivity contribution in [1.82, 2.24) is 4.98 Å². The van der Waals surface area contributed by atoms with Crippen molar-refractivity contribution < 1.29 is 9.13 Å². The molecule has 14 heavy (non-hydrogen) atoms. The van der Waals surface area contributed by atoms with Gasteiger partial charge in [0, 0.05) is 12.2 Å². The van der Waals surface area contributed by atoms with Crippen molar-refractivity contribution in [2.45, 2.75) is 6.92 Å². The number of ether oxygens (including phenoxy) is 1. The molecule has 1 aromatic rings. The van der Waals surface area contributed by atoms with Crippen LogP contribution in [0.25, 0.3) is 0 Å². The monoisotopic (exact) mass is 196 g/mol. The summed E-state index contributed by atoms with van der Waals surface area (Å²) in [5.41, 5.74) is 6.03. The summed E-state index contributed by atoms with van der Waals surface area (Å²) in [4.78, 5) is 4.01. The van der Waals surface area contributed by atoms with Gasteiger partial charge in [0.15, 0.2) is 0 Å². The van der Waals surface area contributed by atoms with Crippen molar-refractivity contribution in [3.63, 3.8) is 0 Å². The normalized spacial score (nSPS) is 11.5. The first kappa shape index (κ1) is 10.7. The highest BCUT2D eigenvalue weighted by Crippen LogP contribution is 2.10. The van der Waals surface area contributed by atoms with E-state index in [-0.39, 0.29) is 19.0 Å². The molecule has 0 saturated heterocycles. The van der Waals surface area contributed by atoms with Crippen LogP contribution >= 0.6 is 0 Å². The SMILES string of the molecule is Cc1ccc(OC/C(F)=C/CN)cn1. The van der Waals surface area contributed by atoms with Gasteiger partial charge in [-0.25, -0.2) is 4.39 Å². The summed E-state index contributed by atoms with van der Waals surface area (Å²) in [5, 5.41) is 0. The fourth-order valence-electron chi connectivity index (χ4n) is 0.879. The molecule has 0 saturated carbocycles. The predicted octanol–water partition coefficient (Wildman–Crippen LogP) is 1.58. The number of aryl methyl sites for hydroxylation is 1. The zero-order valence-electron chi connectivity index (χ0n) is 8.03. The summed E-state index contributed by atoms with van der Waals surface area (Å²) in [6.07, 6.45) is 2.84. The third-order valence-electron chi connectivity index (χ3n) is 1.60. The minimum atomic E-state index is -0.368. The Hall–Kier alpha value is -1.42. The van der Waals surface area contributed by atoms with E-state index in [0.29, 0.717) is 5.75 Å². The van der Waals surface area contributed by atoms with Crippen LogP contribution in [-0.2, 0) is 0 Å². The van der Waals surface area contributed by atoms with Crippen LogP contribution in [0.4, 0.5) is 4.39 Å². The maximum atomic E-state index is 12.8. The molecule has 0 aliphatic heterocycles. The van der Waals surface area contributed by atoms with E-state index in [4.69, 9.17) is 10.5 Å². The molecule has 1 heterocycles. The molecule has 0 bridgehead atoms. The number of nitrogens with zero attached hydrogens (tertiary/aromatic N) is 1. The van der Waals surface area contributed by atoms with Gasteiger partial charge in [0.25, 0.3) is 0 Å². The van der Waals surface area contributed by atoms with Crippen molar-refractivity contribution in [1.29, 1.82) is 0 Å². The summed E-state index contributed by atoms with van der Waals surface area (Å²) in [5.74, 6) is 0.184. The summed E-state index contributed by atoms with van der Waals surface area (Å²) >= 11 is 0. The van der Waals surface area contributed by atoms with Gasteiger partial charge in [-0.15, -0.1) is 0 Å². The number of pyridine rings is 1. The summed E-state index contributed by atoms with van der Waals surface area (Å²) in [6.45, 7) is 1.96. The number of aromatic nitrogens is 1. The Morgan fingerprint density at radius 1 is 1.64 bits per heavy atom. The first-order valence-electron chi connectivity index (χ1n) is 4.32. The topological polar surface area (TPSA) is 48.1 Å². The highest BCUT2D eigenvalue weighted by Gasteiger charge is 1.97. The van der Waals surface area contributed by atoms with Gasteiger partial charge >= 0.3 is 0 Å². The largest absolute Gasteiger partial charge is 0.485 e. The average Bonchev–Trinajstić information content (AvgIpc) is 2.17. The highest BCUT2D eigenvalue weighted by atomic mass is 19.1. The zero-order valence-corrected chi connectivity index (χ0v) is 8.03. The molecule has 0 radical (unpaired) electrons. The molecule has 1 aromatic heterocycles. The summed E-state index contributed by atoms with van der Waals surface area (Å²) in [7, 11) is 0. The Labute approximate surface area is 82.4 Å². The smallest absolute Gasteiger partial charge is 0.139 e. The minimum Gasteiger partial charge on any atom is -0.485 e. The molecule has 0 spiro atoms. The Kier molecular flexibility index (Phi) is 4.07. The third-order valence-corrected chi connectivity index (χ3v) is 1.60. The molecular weight excluding hydrogens is 183 g/mol. The molecule has 3 nitrogen and oxygen atoms in total. The van der Waals surface area contributed by atoms with Crippen molar-refractivity contribution >= 4 is 0 Å². The standard InChI is InChI=1S/C10H13FN2O/c1-8-2-3-10(6-13-8)14-7-9(11)4-5-12/h2-4,6H,5,7,12H2,1H3/b9-4-. The molecule has 0 atom stereocenters. The average molecular weight is 196 g/mol. The van der Waals surface area contributed by atoms with Crippen LogP contribution in [0.2, 0.25) is 0 Å². The highest BCUT2D eigenvalue weighted by molar-refractivity contribution is 5.19. The molecule has 76 valence electrons. The molecular formula is C10H13FN2O. The lowest BCUT2D eigenvalue weighted by Crippen LogP contribution is -2.01. The van der Waals surface area contributed by atoms with E-state index in [2.05, 4.69) is 4.98 Å². The number of nitrogens with two attached hydrogens (primary N) is 1. The maximum Gasteiger partial charge on any atom is 0.139 e. The number of hydrogen-bond donors (Lipinski definition) is 1. The Balaban J connectivity index is 2.46. The van der Waals surface area contributed by atoms with Crippen LogP contribution in [0, 0.1) is 6.92 Å². The third kappa shape index (κ3) is 3.53. The Bertz CT molecular complexity index is 308. The van der Waals surface area contributed by atoms with Crippen LogP contribution in [-0.4, -0.2) is 18.1 Å². The lowest BCUT2D eigenvalue weighted by Gasteiger charge is -2.03. The molecule has 0 fully saturated rings. The Morgan fingerprint density at radius 2 is 2.43 bits per heavy atom. The predicted molar refractivity (Wildman–Crippen MR) is 52.7 cm³/mol. The molecule has 0 aromatic carbocycles. The van der Waals surface area contributed by atoms with E-state index in [9.17, 15) is 4.39 Å². The number of rotatable bonds is 4.